The highest BCUT2D eigenvalue weighted by Crippen LogP contribution is 2.36. The molecule has 0 radical (unpaired) electrons. The lowest BCUT2D eigenvalue weighted by Gasteiger charge is -2.21. The number of benzene rings is 1. The van der Waals surface area contributed by atoms with Gasteiger partial charge in [-0.05, 0) is 12.0 Å². The number of rotatable bonds is 6. The van der Waals surface area contributed by atoms with Crippen molar-refractivity contribution in [2.75, 3.05) is 19.0 Å². The van der Waals surface area contributed by atoms with Crippen LogP contribution in [0.15, 0.2) is 34.7 Å². The summed E-state index contributed by atoms with van der Waals surface area (Å²) in [7, 11) is 3.95. The maximum Gasteiger partial charge on any atom is 0.208 e. The summed E-state index contributed by atoms with van der Waals surface area (Å²) in [6, 6.07) is 10.2. The molecule has 0 saturated carbocycles. The predicted octanol–water partition coefficient (Wildman–Crippen LogP) is 3.17. The molecule has 0 amide bonds. The van der Waals surface area contributed by atoms with Gasteiger partial charge >= 0.3 is 0 Å². The molecule has 2 aromatic rings. The second-order valence-electron chi connectivity index (χ2n) is 4.75. The summed E-state index contributed by atoms with van der Waals surface area (Å²) in [6.45, 7) is 2.16. The van der Waals surface area contributed by atoms with E-state index in [9.17, 15) is 0 Å². The molecule has 2 N–H and O–H groups in total. The molecular formula is C14H20N4S2. The highest BCUT2D eigenvalue weighted by atomic mass is 32.2. The van der Waals surface area contributed by atoms with E-state index in [4.69, 9.17) is 5.73 Å². The van der Waals surface area contributed by atoms with E-state index in [1.807, 2.05) is 37.2 Å². The molecule has 2 rings (SSSR count). The summed E-state index contributed by atoms with van der Waals surface area (Å²) in [5, 5.41) is 9.64. The second kappa shape index (κ2) is 7.06. The number of nitrogens with two attached hydrogens (primary N) is 1. The van der Waals surface area contributed by atoms with Crippen LogP contribution in [0, 0.1) is 0 Å². The monoisotopic (exact) mass is 308 g/mol. The third-order valence-electron chi connectivity index (χ3n) is 3.02. The lowest BCUT2D eigenvalue weighted by atomic mass is 10.0. The van der Waals surface area contributed by atoms with Crippen molar-refractivity contribution in [1.82, 2.24) is 10.2 Å². The fourth-order valence-electron chi connectivity index (χ4n) is 1.86. The van der Waals surface area contributed by atoms with E-state index in [0.29, 0.717) is 5.25 Å². The van der Waals surface area contributed by atoms with Crippen LogP contribution in [0.25, 0.3) is 0 Å². The van der Waals surface area contributed by atoms with Gasteiger partial charge in [0.1, 0.15) is 0 Å². The Bertz CT molecular complexity index is 527. The van der Waals surface area contributed by atoms with Crippen LogP contribution in [0.1, 0.15) is 24.9 Å². The molecule has 0 aliphatic carbocycles. The lowest BCUT2D eigenvalue weighted by Crippen LogP contribution is -2.23. The zero-order chi connectivity index (χ0) is 14.5. The molecule has 108 valence electrons. The van der Waals surface area contributed by atoms with Gasteiger partial charge in [0, 0.05) is 25.4 Å². The van der Waals surface area contributed by atoms with Gasteiger partial charge in [0.25, 0.3) is 0 Å². The molecule has 1 aromatic carbocycles. The number of hydrogen-bond acceptors (Lipinski definition) is 6. The second-order valence-corrected chi connectivity index (χ2v) is 7.19. The van der Waals surface area contributed by atoms with Crippen LogP contribution in [0.3, 0.4) is 0 Å². The fraction of sp³-hybridized carbons (Fsp3) is 0.429. The quantitative estimate of drug-likeness (QED) is 0.831. The van der Waals surface area contributed by atoms with Gasteiger partial charge in [-0.2, -0.15) is 0 Å². The first-order valence-corrected chi connectivity index (χ1v) is 8.29. The number of thioether (sulfide) groups is 1. The van der Waals surface area contributed by atoms with E-state index in [1.165, 1.54) is 5.56 Å². The Morgan fingerprint density at radius 2 is 1.95 bits per heavy atom. The van der Waals surface area contributed by atoms with Crippen molar-refractivity contribution in [2.45, 2.75) is 29.0 Å². The Morgan fingerprint density at radius 3 is 2.50 bits per heavy atom. The Balaban J connectivity index is 2.08. The number of hydrogen-bond donors (Lipinski definition) is 1. The van der Waals surface area contributed by atoms with E-state index in [1.54, 1.807) is 23.1 Å². The minimum Gasteiger partial charge on any atom is -0.353 e. The molecule has 2 atom stereocenters. The molecule has 0 fully saturated rings. The molecule has 2 unspecified atom stereocenters. The van der Waals surface area contributed by atoms with Gasteiger partial charge in [-0.1, -0.05) is 60.4 Å². The van der Waals surface area contributed by atoms with Gasteiger partial charge in [0.15, 0.2) is 4.34 Å². The van der Waals surface area contributed by atoms with Crippen LogP contribution in [0.4, 0.5) is 5.13 Å². The predicted molar refractivity (Wildman–Crippen MR) is 87.5 cm³/mol. The van der Waals surface area contributed by atoms with Crippen molar-refractivity contribution in [3.63, 3.8) is 0 Å². The third-order valence-corrected chi connectivity index (χ3v) is 5.65. The van der Waals surface area contributed by atoms with Gasteiger partial charge in [0.2, 0.25) is 5.13 Å². The SMILES string of the molecule is CCC(Sc1nnc(N(C)C)s1)C(N)c1ccccc1. The highest BCUT2D eigenvalue weighted by molar-refractivity contribution is 8.01. The average Bonchev–Trinajstić information content (AvgIpc) is 2.94. The normalized spacial score (nSPS) is 14.0. The first-order valence-electron chi connectivity index (χ1n) is 6.59. The van der Waals surface area contributed by atoms with E-state index >= 15 is 0 Å². The molecule has 0 bridgehead atoms. The molecular weight excluding hydrogens is 288 g/mol. The van der Waals surface area contributed by atoms with Gasteiger partial charge < -0.3 is 10.6 Å². The smallest absolute Gasteiger partial charge is 0.208 e. The average molecular weight is 308 g/mol. The Labute approximate surface area is 128 Å². The molecule has 20 heavy (non-hydrogen) atoms. The minimum atomic E-state index is 0.0120. The summed E-state index contributed by atoms with van der Waals surface area (Å²) in [5.74, 6) is 0. The van der Waals surface area contributed by atoms with Gasteiger partial charge in [-0.3, -0.25) is 0 Å². The molecule has 0 spiro atoms. The van der Waals surface area contributed by atoms with E-state index in [0.717, 1.165) is 15.9 Å². The van der Waals surface area contributed by atoms with E-state index in [-0.39, 0.29) is 6.04 Å². The highest BCUT2D eigenvalue weighted by Gasteiger charge is 2.21. The van der Waals surface area contributed by atoms with Crippen molar-refractivity contribution >= 4 is 28.2 Å². The van der Waals surface area contributed by atoms with E-state index in [2.05, 4.69) is 29.3 Å². The Kier molecular flexibility index (Phi) is 5.39. The van der Waals surface area contributed by atoms with Crippen molar-refractivity contribution in [1.29, 1.82) is 0 Å². The van der Waals surface area contributed by atoms with Crippen LogP contribution in [0.2, 0.25) is 0 Å². The van der Waals surface area contributed by atoms with Crippen LogP contribution in [-0.4, -0.2) is 29.5 Å². The molecule has 0 aliphatic heterocycles. The van der Waals surface area contributed by atoms with Crippen LogP contribution >= 0.6 is 23.1 Å². The zero-order valence-corrected chi connectivity index (χ0v) is 13.6. The van der Waals surface area contributed by atoms with Crippen molar-refractivity contribution in [3.05, 3.63) is 35.9 Å². The molecule has 1 heterocycles. The van der Waals surface area contributed by atoms with Crippen LogP contribution < -0.4 is 10.6 Å². The van der Waals surface area contributed by atoms with Gasteiger partial charge in [0.05, 0.1) is 0 Å². The standard InChI is InChI=1S/C14H20N4S2/c1-4-11(12(15)10-8-6-5-7-9-10)19-14-17-16-13(20-14)18(2)3/h5-9,11-12H,4,15H2,1-3H3. The number of aromatic nitrogens is 2. The summed E-state index contributed by atoms with van der Waals surface area (Å²) < 4.78 is 0.979. The number of anilines is 1. The summed E-state index contributed by atoms with van der Waals surface area (Å²) in [6.07, 6.45) is 0.998. The third kappa shape index (κ3) is 3.71. The van der Waals surface area contributed by atoms with Crippen LogP contribution in [-0.2, 0) is 0 Å². The Morgan fingerprint density at radius 1 is 1.25 bits per heavy atom. The molecule has 0 saturated heterocycles. The molecule has 0 aliphatic rings. The first kappa shape index (κ1) is 15.3. The van der Waals surface area contributed by atoms with Crippen molar-refractivity contribution in [3.8, 4) is 0 Å². The van der Waals surface area contributed by atoms with Gasteiger partial charge in [-0.15, -0.1) is 10.2 Å². The fourth-order valence-corrected chi connectivity index (χ4v) is 3.97. The maximum absolute atomic E-state index is 6.39. The van der Waals surface area contributed by atoms with Crippen LogP contribution in [0.5, 0.6) is 0 Å². The van der Waals surface area contributed by atoms with Crippen molar-refractivity contribution in [2.24, 2.45) is 5.73 Å². The summed E-state index contributed by atoms with van der Waals surface area (Å²) in [5.41, 5.74) is 7.56. The minimum absolute atomic E-state index is 0.0120. The molecule has 1 aromatic heterocycles. The summed E-state index contributed by atoms with van der Waals surface area (Å²) in [4.78, 5) is 1.97. The lowest BCUT2D eigenvalue weighted by molar-refractivity contribution is 0.656. The molecule has 6 heteroatoms. The first-order chi connectivity index (χ1) is 9.61. The number of nitrogens with zero attached hydrogens (tertiary/aromatic N) is 3. The Hall–Kier alpha value is -1.11. The van der Waals surface area contributed by atoms with Crippen molar-refractivity contribution < 1.29 is 0 Å². The van der Waals surface area contributed by atoms with Gasteiger partial charge in [-0.25, -0.2) is 0 Å². The largest absolute Gasteiger partial charge is 0.353 e. The van der Waals surface area contributed by atoms with E-state index < -0.39 is 0 Å². The maximum atomic E-state index is 6.39. The zero-order valence-electron chi connectivity index (χ0n) is 12.0. The summed E-state index contributed by atoms with van der Waals surface area (Å²) >= 11 is 3.33. The molecule has 4 nitrogen and oxygen atoms in total. The topological polar surface area (TPSA) is 55.0 Å².